The van der Waals surface area contributed by atoms with Crippen molar-refractivity contribution in [3.05, 3.63) is 0 Å². The van der Waals surface area contributed by atoms with E-state index in [4.69, 9.17) is 5.73 Å². The Morgan fingerprint density at radius 1 is 1.37 bits per heavy atom. The number of fused-ring (bicyclic) bond motifs is 1. The van der Waals surface area contributed by atoms with Gasteiger partial charge < -0.3 is 16.0 Å². The van der Waals surface area contributed by atoms with Crippen LogP contribution in [0.3, 0.4) is 0 Å². The molecule has 0 aromatic rings. The van der Waals surface area contributed by atoms with Crippen molar-refractivity contribution < 1.29 is 4.79 Å². The van der Waals surface area contributed by atoms with Crippen molar-refractivity contribution in [1.29, 1.82) is 0 Å². The quantitative estimate of drug-likeness (QED) is 0.808. The standard InChI is InChI=1S/C15H29N3O/c1-15(2,9-16)10-18(3)14(19)13-8-11-6-4-5-7-12(11)17-13/h11-13,17H,4-10,16H2,1-3H3. The first kappa shape index (κ1) is 14.8. The van der Waals surface area contributed by atoms with E-state index in [-0.39, 0.29) is 17.4 Å². The molecule has 1 aliphatic heterocycles. The van der Waals surface area contributed by atoms with E-state index in [9.17, 15) is 4.79 Å². The lowest BCUT2D eigenvalue weighted by atomic mass is 9.85. The first-order valence-corrected chi connectivity index (χ1v) is 7.64. The Kier molecular flexibility index (Phi) is 4.51. The molecule has 0 spiro atoms. The van der Waals surface area contributed by atoms with E-state index in [1.807, 2.05) is 11.9 Å². The molecule has 0 radical (unpaired) electrons. The molecule has 2 aliphatic rings. The minimum Gasteiger partial charge on any atom is -0.344 e. The number of hydrogen-bond donors (Lipinski definition) is 2. The monoisotopic (exact) mass is 267 g/mol. The van der Waals surface area contributed by atoms with Gasteiger partial charge in [0.05, 0.1) is 6.04 Å². The van der Waals surface area contributed by atoms with Gasteiger partial charge in [0.2, 0.25) is 5.91 Å². The highest BCUT2D eigenvalue weighted by Gasteiger charge is 2.39. The second-order valence-corrected chi connectivity index (χ2v) is 7.17. The Hall–Kier alpha value is -0.610. The molecule has 3 unspecified atom stereocenters. The number of nitrogens with one attached hydrogen (secondary N) is 1. The van der Waals surface area contributed by atoms with Gasteiger partial charge in [0.1, 0.15) is 0 Å². The summed E-state index contributed by atoms with van der Waals surface area (Å²) in [5, 5.41) is 3.55. The molecule has 1 amide bonds. The van der Waals surface area contributed by atoms with Crippen LogP contribution in [-0.2, 0) is 4.79 Å². The van der Waals surface area contributed by atoms with E-state index in [1.165, 1.54) is 25.7 Å². The van der Waals surface area contributed by atoms with Gasteiger partial charge in [-0.2, -0.15) is 0 Å². The van der Waals surface area contributed by atoms with E-state index >= 15 is 0 Å². The molecule has 2 fully saturated rings. The van der Waals surface area contributed by atoms with Crippen LogP contribution in [0.15, 0.2) is 0 Å². The maximum atomic E-state index is 12.5. The zero-order valence-electron chi connectivity index (χ0n) is 12.6. The molecule has 0 aromatic carbocycles. The average Bonchev–Trinajstić information content (AvgIpc) is 2.81. The summed E-state index contributed by atoms with van der Waals surface area (Å²) >= 11 is 0. The van der Waals surface area contributed by atoms with Crippen LogP contribution in [0.4, 0.5) is 0 Å². The Balaban J connectivity index is 1.89. The summed E-state index contributed by atoms with van der Waals surface area (Å²) in [4.78, 5) is 14.4. The number of nitrogens with two attached hydrogens (primary N) is 1. The summed E-state index contributed by atoms with van der Waals surface area (Å²) in [6.45, 7) is 5.56. The second-order valence-electron chi connectivity index (χ2n) is 7.17. The third-order valence-electron chi connectivity index (χ3n) is 4.75. The van der Waals surface area contributed by atoms with E-state index in [2.05, 4.69) is 19.2 Å². The van der Waals surface area contributed by atoms with Crippen LogP contribution in [0.1, 0.15) is 46.0 Å². The highest BCUT2D eigenvalue weighted by Crippen LogP contribution is 2.33. The highest BCUT2D eigenvalue weighted by molar-refractivity contribution is 5.82. The fourth-order valence-electron chi connectivity index (χ4n) is 3.56. The average molecular weight is 267 g/mol. The molecule has 0 bridgehead atoms. The third-order valence-corrected chi connectivity index (χ3v) is 4.75. The van der Waals surface area contributed by atoms with Crippen molar-refractivity contribution in [3.63, 3.8) is 0 Å². The van der Waals surface area contributed by atoms with Crippen molar-refractivity contribution in [1.82, 2.24) is 10.2 Å². The van der Waals surface area contributed by atoms with Crippen LogP contribution in [0, 0.1) is 11.3 Å². The zero-order chi connectivity index (χ0) is 14.0. The molecule has 1 aliphatic carbocycles. The summed E-state index contributed by atoms with van der Waals surface area (Å²) in [7, 11) is 1.91. The molecule has 0 aromatic heterocycles. The van der Waals surface area contributed by atoms with Crippen LogP contribution < -0.4 is 11.1 Å². The number of carbonyl (C=O) groups is 1. The molecule has 3 N–H and O–H groups in total. The highest BCUT2D eigenvalue weighted by atomic mass is 16.2. The van der Waals surface area contributed by atoms with Gasteiger partial charge >= 0.3 is 0 Å². The lowest BCUT2D eigenvalue weighted by Crippen LogP contribution is -2.47. The Bertz CT molecular complexity index is 315. The van der Waals surface area contributed by atoms with Gasteiger partial charge in [-0.3, -0.25) is 4.79 Å². The number of nitrogens with zero attached hydrogens (tertiary/aromatic N) is 1. The minimum atomic E-state index is -0.00419. The first-order chi connectivity index (χ1) is 8.93. The van der Waals surface area contributed by atoms with Gasteiger partial charge in [-0.15, -0.1) is 0 Å². The molecular formula is C15H29N3O. The summed E-state index contributed by atoms with van der Waals surface area (Å²) in [6.07, 6.45) is 6.20. The molecule has 3 atom stereocenters. The molecule has 1 saturated heterocycles. The van der Waals surface area contributed by atoms with Crippen LogP contribution in [0.5, 0.6) is 0 Å². The number of likely N-dealkylation sites (N-methyl/N-ethyl adjacent to an activating group) is 1. The number of hydrogen-bond acceptors (Lipinski definition) is 3. The van der Waals surface area contributed by atoms with E-state index < -0.39 is 0 Å². The van der Waals surface area contributed by atoms with Crippen molar-refractivity contribution in [2.75, 3.05) is 20.1 Å². The Morgan fingerprint density at radius 3 is 2.68 bits per heavy atom. The molecule has 19 heavy (non-hydrogen) atoms. The van der Waals surface area contributed by atoms with Gasteiger partial charge in [-0.1, -0.05) is 26.7 Å². The molecule has 1 heterocycles. The number of carbonyl (C=O) groups excluding carboxylic acids is 1. The smallest absolute Gasteiger partial charge is 0.239 e. The van der Waals surface area contributed by atoms with Crippen LogP contribution >= 0.6 is 0 Å². The lowest BCUT2D eigenvalue weighted by molar-refractivity contribution is -0.133. The third kappa shape index (κ3) is 3.48. The van der Waals surface area contributed by atoms with Crippen molar-refractivity contribution in [2.24, 2.45) is 17.1 Å². The number of rotatable bonds is 4. The molecule has 110 valence electrons. The summed E-state index contributed by atoms with van der Waals surface area (Å²) in [5.41, 5.74) is 5.75. The SMILES string of the molecule is CN(CC(C)(C)CN)C(=O)C1CC2CCCCC2N1. The van der Waals surface area contributed by atoms with Crippen molar-refractivity contribution in [3.8, 4) is 0 Å². The molecule has 1 saturated carbocycles. The van der Waals surface area contributed by atoms with Gasteiger partial charge in [-0.05, 0) is 37.1 Å². The van der Waals surface area contributed by atoms with E-state index in [1.54, 1.807) is 0 Å². The summed E-state index contributed by atoms with van der Waals surface area (Å²) in [6, 6.07) is 0.616. The largest absolute Gasteiger partial charge is 0.344 e. The van der Waals surface area contributed by atoms with E-state index in [0.717, 1.165) is 18.9 Å². The van der Waals surface area contributed by atoms with Gasteiger partial charge in [0, 0.05) is 19.6 Å². The normalized spacial score (nSPS) is 31.1. The predicted octanol–water partition coefficient (Wildman–Crippen LogP) is 1.35. The van der Waals surface area contributed by atoms with Crippen LogP contribution in [-0.4, -0.2) is 43.0 Å². The molecule has 4 heteroatoms. The lowest BCUT2D eigenvalue weighted by Gasteiger charge is -2.30. The van der Waals surface area contributed by atoms with Crippen molar-refractivity contribution in [2.45, 2.75) is 58.0 Å². The molecule has 4 nitrogen and oxygen atoms in total. The molecular weight excluding hydrogens is 238 g/mol. The topological polar surface area (TPSA) is 58.4 Å². The van der Waals surface area contributed by atoms with Gasteiger partial charge in [0.25, 0.3) is 0 Å². The minimum absolute atomic E-state index is 0.00419. The zero-order valence-corrected chi connectivity index (χ0v) is 12.6. The summed E-state index contributed by atoms with van der Waals surface area (Å²) < 4.78 is 0. The predicted molar refractivity (Wildman–Crippen MR) is 77.8 cm³/mol. The first-order valence-electron chi connectivity index (χ1n) is 7.64. The maximum absolute atomic E-state index is 12.5. The van der Waals surface area contributed by atoms with Crippen LogP contribution in [0.2, 0.25) is 0 Å². The van der Waals surface area contributed by atoms with Crippen LogP contribution in [0.25, 0.3) is 0 Å². The molecule has 2 rings (SSSR count). The Morgan fingerprint density at radius 2 is 2.05 bits per heavy atom. The fraction of sp³-hybridized carbons (Fsp3) is 0.933. The van der Waals surface area contributed by atoms with E-state index in [0.29, 0.717) is 12.6 Å². The maximum Gasteiger partial charge on any atom is 0.239 e. The van der Waals surface area contributed by atoms with Gasteiger partial charge in [-0.25, -0.2) is 0 Å². The number of amides is 1. The van der Waals surface area contributed by atoms with Gasteiger partial charge in [0.15, 0.2) is 0 Å². The second kappa shape index (κ2) is 5.80. The Labute approximate surface area is 117 Å². The van der Waals surface area contributed by atoms with Crippen molar-refractivity contribution >= 4 is 5.91 Å². The fourth-order valence-corrected chi connectivity index (χ4v) is 3.56. The summed E-state index contributed by atoms with van der Waals surface area (Å²) in [5.74, 6) is 0.967.